The minimum atomic E-state index is -0.477. The number of carbonyl (C=O) groups excluding carboxylic acids is 1. The van der Waals surface area contributed by atoms with Crippen molar-refractivity contribution in [3.05, 3.63) is 0 Å². The molecule has 0 N–H and O–H groups in total. The molecule has 0 aromatic carbocycles. The topological polar surface area (TPSA) is 48.0 Å². The van der Waals surface area contributed by atoms with E-state index in [-0.39, 0.29) is 5.97 Å². The van der Waals surface area contributed by atoms with E-state index < -0.39 is 3.42 Å². The molecule has 1 saturated heterocycles. The number of likely N-dealkylation sites (tertiary alicyclic amines) is 1. The Kier molecular flexibility index (Phi) is 9.79. The van der Waals surface area contributed by atoms with Crippen LogP contribution >= 0.6 is 22.6 Å². The van der Waals surface area contributed by atoms with Crippen molar-refractivity contribution in [3.63, 3.8) is 0 Å². The van der Waals surface area contributed by atoms with Gasteiger partial charge in [-0.3, -0.25) is 4.79 Å². The molecular formula is C15H28INO4. The Balaban J connectivity index is 1.83. The predicted octanol–water partition coefficient (Wildman–Crippen LogP) is 2.26. The molecule has 0 radical (unpaired) electrons. The highest BCUT2D eigenvalue weighted by atomic mass is 127. The highest BCUT2D eigenvalue weighted by molar-refractivity contribution is 14.1. The lowest BCUT2D eigenvalue weighted by molar-refractivity contribution is -0.146. The quantitative estimate of drug-likeness (QED) is 0.238. The first-order chi connectivity index (χ1) is 10.00. The lowest BCUT2D eigenvalue weighted by Crippen LogP contribution is -2.32. The van der Waals surface area contributed by atoms with Crippen molar-refractivity contribution in [1.29, 1.82) is 0 Å². The van der Waals surface area contributed by atoms with E-state index in [1.807, 2.05) is 13.8 Å². The molecule has 0 aliphatic carbocycles. The second-order valence-corrected chi connectivity index (χ2v) is 8.43. The van der Waals surface area contributed by atoms with Crippen LogP contribution < -0.4 is 0 Å². The first kappa shape index (κ1) is 19.1. The minimum Gasteiger partial charge on any atom is -0.462 e. The Morgan fingerprint density at radius 3 is 2.19 bits per heavy atom. The summed E-state index contributed by atoms with van der Waals surface area (Å²) in [6.07, 6.45) is 4.00. The zero-order valence-corrected chi connectivity index (χ0v) is 15.4. The van der Waals surface area contributed by atoms with Gasteiger partial charge in [-0.05, 0) is 39.8 Å². The van der Waals surface area contributed by atoms with Crippen LogP contribution in [0, 0.1) is 0 Å². The number of nitrogens with zero attached hydrogens (tertiary/aromatic N) is 1. The van der Waals surface area contributed by atoms with Crippen LogP contribution in [0.2, 0.25) is 0 Å². The Labute approximate surface area is 141 Å². The molecule has 1 fully saturated rings. The predicted molar refractivity (Wildman–Crippen MR) is 91.0 cm³/mol. The van der Waals surface area contributed by atoms with Crippen LogP contribution in [0.25, 0.3) is 0 Å². The number of ether oxygens (including phenoxy) is 3. The molecule has 1 aliphatic rings. The molecule has 0 atom stereocenters. The Morgan fingerprint density at radius 1 is 1.00 bits per heavy atom. The van der Waals surface area contributed by atoms with Gasteiger partial charge in [-0.1, -0.05) is 29.0 Å². The number of halogens is 1. The van der Waals surface area contributed by atoms with E-state index in [0.717, 1.165) is 13.2 Å². The fourth-order valence-corrected chi connectivity index (χ4v) is 2.22. The first-order valence-corrected chi connectivity index (χ1v) is 8.82. The van der Waals surface area contributed by atoms with Crippen LogP contribution in [-0.4, -0.2) is 67.0 Å². The molecule has 6 heteroatoms. The second-order valence-electron chi connectivity index (χ2n) is 5.74. The Morgan fingerprint density at radius 2 is 1.57 bits per heavy atom. The summed E-state index contributed by atoms with van der Waals surface area (Å²) < 4.78 is 15.5. The number of hydrogen-bond acceptors (Lipinski definition) is 5. The molecule has 1 rings (SSSR count). The lowest BCUT2D eigenvalue weighted by atomic mass is 10.1. The third-order valence-electron chi connectivity index (χ3n) is 3.32. The summed E-state index contributed by atoms with van der Waals surface area (Å²) in [5, 5.41) is 0. The first-order valence-electron chi connectivity index (χ1n) is 7.74. The SMILES string of the molecule is CC(C)(I)C(=O)OCCOCCOCCN1CCCCC1. The zero-order chi connectivity index (χ0) is 15.6. The number of alkyl halides is 1. The second kappa shape index (κ2) is 10.7. The number of carbonyl (C=O) groups is 1. The molecule has 21 heavy (non-hydrogen) atoms. The molecule has 124 valence electrons. The maximum Gasteiger partial charge on any atom is 0.321 e. The van der Waals surface area contributed by atoms with E-state index in [1.54, 1.807) is 0 Å². The number of rotatable bonds is 10. The van der Waals surface area contributed by atoms with Crippen LogP contribution in [0.15, 0.2) is 0 Å². The average Bonchev–Trinajstić information content (AvgIpc) is 2.45. The van der Waals surface area contributed by atoms with Crippen molar-refractivity contribution in [2.45, 2.75) is 36.5 Å². The standard InChI is InChI=1S/C15H28INO4/c1-15(2,16)14(18)21-13-12-20-11-10-19-9-8-17-6-4-3-5-7-17/h3-13H2,1-2H3. The van der Waals surface area contributed by atoms with Gasteiger partial charge in [-0.15, -0.1) is 0 Å². The van der Waals surface area contributed by atoms with Crippen LogP contribution in [0.5, 0.6) is 0 Å². The van der Waals surface area contributed by atoms with Crippen LogP contribution in [0.1, 0.15) is 33.1 Å². The Bertz CT molecular complexity index is 288. The zero-order valence-electron chi connectivity index (χ0n) is 13.2. The summed E-state index contributed by atoms with van der Waals surface area (Å²) in [4.78, 5) is 13.9. The summed E-state index contributed by atoms with van der Waals surface area (Å²) in [5.74, 6) is -0.204. The van der Waals surface area contributed by atoms with Crippen molar-refractivity contribution in [3.8, 4) is 0 Å². The molecule has 0 spiro atoms. The molecular weight excluding hydrogens is 385 g/mol. The molecule has 1 aliphatic heterocycles. The van der Waals surface area contributed by atoms with Crippen molar-refractivity contribution >= 4 is 28.6 Å². The van der Waals surface area contributed by atoms with E-state index in [9.17, 15) is 4.79 Å². The number of piperidine rings is 1. The van der Waals surface area contributed by atoms with Crippen LogP contribution in [-0.2, 0) is 19.0 Å². The summed E-state index contributed by atoms with van der Waals surface area (Å²) in [7, 11) is 0. The van der Waals surface area contributed by atoms with Gasteiger partial charge in [0.2, 0.25) is 0 Å². The minimum absolute atomic E-state index is 0.204. The summed E-state index contributed by atoms with van der Waals surface area (Å²) in [6, 6.07) is 0. The van der Waals surface area contributed by atoms with Crippen molar-refractivity contribution in [2.24, 2.45) is 0 Å². The van der Waals surface area contributed by atoms with Crippen molar-refractivity contribution < 1.29 is 19.0 Å². The number of hydrogen-bond donors (Lipinski definition) is 0. The summed E-state index contributed by atoms with van der Waals surface area (Å²) in [5.41, 5.74) is 0. The molecule has 0 aromatic rings. The molecule has 0 saturated carbocycles. The van der Waals surface area contributed by atoms with Crippen molar-refractivity contribution in [1.82, 2.24) is 4.90 Å². The van der Waals surface area contributed by atoms with E-state index in [1.165, 1.54) is 32.4 Å². The van der Waals surface area contributed by atoms with Gasteiger partial charge < -0.3 is 19.1 Å². The molecule has 1 heterocycles. The van der Waals surface area contributed by atoms with Gasteiger partial charge in [0.05, 0.1) is 26.4 Å². The van der Waals surface area contributed by atoms with Gasteiger partial charge in [0, 0.05) is 6.54 Å². The molecule has 0 aromatic heterocycles. The van der Waals surface area contributed by atoms with Crippen LogP contribution in [0.3, 0.4) is 0 Å². The van der Waals surface area contributed by atoms with E-state index in [0.29, 0.717) is 26.4 Å². The van der Waals surface area contributed by atoms with Gasteiger partial charge >= 0.3 is 5.97 Å². The molecule has 0 unspecified atom stereocenters. The van der Waals surface area contributed by atoms with Crippen LogP contribution in [0.4, 0.5) is 0 Å². The number of esters is 1. The summed E-state index contributed by atoms with van der Waals surface area (Å²) in [6.45, 7) is 9.72. The fraction of sp³-hybridized carbons (Fsp3) is 0.933. The van der Waals surface area contributed by atoms with E-state index in [2.05, 4.69) is 27.5 Å². The van der Waals surface area contributed by atoms with E-state index >= 15 is 0 Å². The smallest absolute Gasteiger partial charge is 0.321 e. The van der Waals surface area contributed by atoms with E-state index in [4.69, 9.17) is 14.2 Å². The highest BCUT2D eigenvalue weighted by Gasteiger charge is 2.24. The lowest BCUT2D eigenvalue weighted by Gasteiger charge is -2.26. The highest BCUT2D eigenvalue weighted by Crippen LogP contribution is 2.17. The molecule has 0 bridgehead atoms. The Hall–Kier alpha value is 0.0800. The average molecular weight is 413 g/mol. The maximum atomic E-state index is 11.5. The monoisotopic (exact) mass is 413 g/mol. The van der Waals surface area contributed by atoms with Gasteiger partial charge in [0.25, 0.3) is 0 Å². The van der Waals surface area contributed by atoms with Gasteiger partial charge in [0.1, 0.15) is 10.0 Å². The fourth-order valence-electron chi connectivity index (χ4n) is 2.06. The largest absolute Gasteiger partial charge is 0.462 e. The normalized spacial score (nSPS) is 16.9. The van der Waals surface area contributed by atoms with Gasteiger partial charge in [0.15, 0.2) is 0 Å². The molecule has 5 nitrogen and oxygen atoms in total. The maximum absolute atomic E-state index is 11.5. The van der Waals surface area contributed by atoms with Gasteiger partial charge in [-0.25, -0.2) is 0 Å². The van der Waals surface area contributed by atoms with Crippen molar-refractivity contribution in [2.75, 3.05) is 52.7 Å². The summed E-state index contributed by atoms with van der Waals surface area (Å²) >= 11 is 2.07. The third kappa shape index (κ3) is 9.65. The third-order valence-corrected chi connectivity index (χ3v) is 3.76. The molecule has 0 amide bonds. The van der Waals surface area contributed by atoms with Gasteiger partial charge in [-0.2, -0.15) is 0 Å².